The van der Waals surface area contributed by atoms with Gasteiger partial charge in [0.05, 0.1) is 10.2 Å². The molecule has 1 amide bonds. The van der Waals surface area contributed by atoms with Gasteiger partial charge >= 0.3 is 0 Å². The quantitative estimate of drug-likeness (QED) is 0.505. The second-order valence-corrected chi connectivity index (χ2v) is 6.53. The second-order valence-electron chi connectivity index (χ2n) is 5.10. The molecule has 2 aromatic rings. The Bertz CT molecular complexity index is 637. The van der Waals surface area contributed by atoms with Crippen molar-refractivity contribution in [2.45, 2.75) is 32.9 Å². The number of thiazole rings is 1. The lowest BCUT2D eigenvalue weighted by atomic mass is 10.3. The number of hydrazine groups is 1. The van der Waals surface area contributed by atoms with Crippen LogP contribution in [0.3, 0.4) is 0 Å². The van der Waals surface area contributed by atoms with Crippen molar-refractivity contribution in [2.75, 3.05) is 5.32 Å². The van der Waals surface area contributed by atoms with Crippen LogP contribution in [-0.4, -0.2) is 28.1 Å². The SMILES string of the molecule is CC(C)NC(=S)NNC(=O)C(C)Nc1nc2ccccc2s1. The lowest BCUT2D eigenvalue weighted by Gasteiger charge is -2.16. The molecule has 0 spiro atoms. The number of aromatic nitrogens is 1. The Kier molecular flexibility index (Phi) is 5.51. The molecule has 1 aromatic carbocycles. The van der Waals surface area contributed by atoms with Crippen LogP contribution in [0.2, 0.25) is 0 Å². The molecule has 0 aliphatic rings. The smallest absolute Gasteiger partial charge is 0.260 e. The van der Waals surface area contributed by atoms with Gasteiger partial charge in [-0.2, -0.15) is 0 Å². The minimum atomic E-state index is -0.435. The van der Waals surface area contributed by atoms with Gasteiger partial charge in [0.1, 0.15) is 6.04 Å². The highest BCUT2D eigenvalue weighted by Gasteiger charge is 2.14. The van der Waals surface area contributed by atoms with Crippen molar-refractivity contribution in [2.24, 2.45) is 0 Å². The van der Waals surface area contributed by atoms with Crippen molar-refractivity contribution in [3.63, 3.8) is 0 Å². The van der Waals surface area contributed by atoms with Gasteiger partial charge in [0.2, 0.25) is 0 Å². The van der Waals surface area contributed by atoms with Gasteiger partial charge in [-0.05, 0) is 45.1 Å². The molecule has 0 saturated carbocycles. The minimum absolute atomic E-state index is 0.204. The number of thiocarbonyl (C=S) groups is 1. The number of benzene rings is 1. The van der Waals surface area contributed by atoms with E-state index in [1.165, 1.54) is 11.3 Å². The molecule has 2 rings (SSSR count). The third-order valence-electron chi connectivity index (χ3n) is 2.75. The highest BCUT2D eigenvalue weighted by atomic mass is 32.1. The van der Waals surface area contributed by atoms with E-state index in [0.717, 1.165) is 10.2 Å². The van der Waals surface area contributed by atoms with Gasteiger partial charge in [-0.15, -0.1) is 0 Å². The van der Waals surface area contributed by atoms with Crippen LogP contribution in [0.15, 0.2) is 24.3 Å². The summed E-state index contributed by atoms with van der Waals surface area (Å²) in [6.45, 7) is 5.70. The van der Waals surface area contributed by atoms with Crippen molar-refractivity contribution < 1.29 is 4.79 Å². The topological polar surface area (TPSA) is 78.1 Å². The van der Waals surface area contributed by atoms with E-state index in [0.29, 0.717) is 10.2 Å². The first-order chi connectivity index (χ1) is 10.5. The number of fused-ring (bicyclic) bond motifs is 1. The Morgan fingerprint density at radius 3 is 2.64 bits per heavy atom. The van der Waals surface area contributed by atoms with Crippen LogP contribution in [0.1, 0.15) is 20.8 Å². The summed E-state index contributed by atoms with van der Waals surface area (Å²) in [5, 5.41) is 7.17. The molecular formula is C14H19N5OS2. The van der Waals surface area contributed by atoms with Crippen LogP contribution in [0.25, 0.3) is 10.2 Å². The van der Waals surface area contributed by atoms with Gasteiger partial charge in [-0.25, -0.2) is 4.98 Å². The molecule has 4 N–H and O–H groups in total. The summed E-state index contributed by atoms with van der Waals surface area (Å²) in [7, 11) is 0. The summed E-state index contributed by atoms with van der Waals surface area (Å²) in [4.78, 5) is 16.4. The average molecular weight is 337 g/mol. The number of anilines is 1. The molecule has 0 radical (unpaired) electrons. The predicted octanol–water partition coefficient (Wildman–Crippen LogP) is 2.00. The van der Waals surface area contributed by atoms with E-state index in [1.807, 2.05) is 38.1 Å². The number of hydrogen-bond donors (Lipinski definition) is 4. The lowest BCUT2D eigenvalue weighted by molar-refractivity contribution is -0.122. The summed E-state index contributed by atoms with van der Waals surface area (Å²) in [5.41, 5.74) is 6.15. The fraction of sp³-hybridized carbons (Fsp3) is 0.357. The van der Waals surface area contributed by atoms with Crippen molar-refractivity contribution >= 4 is 49.9 Å². The summed E-state index contributed by atoms with van der Waals surface area (Å²) >= 11 is 6.56. The predicted molar refractivity (Wildman–Crippen MR) is 94.9 cm³/mol. The van der Waals surface area contributed by atoms with E-state index in [4.69, 9.17) is 12.2 Å². The molecule has 1 heterocycles. The molecule has 1 aromatic heterocycles. The largest absolute Gasteiger partial charge is 0.359 e. The number of hydrogen-bond acceptors (Lipinski definition) is 5. The maximum absolute atomic E-state index is 12.0. The Labute approximate surface area is 138 Å². The van der Waals surface area contributed by atoms with Crippen LogP contribution in [0.4, 0.5) is 5.13 Å². The average Bonchev–Trinajstić information content (AvgIpc) is 2.86. The van der Waals surface area contributed by atoms with Gasteiger partial charge in [-0.1, -0.05) is 23.5 Å². The van der Waals surface area contributed by atoms with Gasteiger partial charge in [0.25, 0.3) is 5.91 Å². The highest BCUT2D eigenvalue weighted by Crippen LogP contribution is 2.25. The van der Waals surface area contributed by atoms with Crippen molar-refractivity contribution in [3.05, 3.63) is 24.3 Å². The Morgan fingerprint density at radius 1 is 1.23 bits per heavy atom. The summed E-state index contributed by atoms with van der Waals surface area (Å²) < 4.78 is 1.08. The molecule has 0 bridgehead atoms. The first kappa shape index (κ1) is 16.4. The third kappa shape index (κ3) is 4.54. The van der Waals surface area contributed by atoms with E-state index >= 15 is 0 Å². The normalized spacial score (nSPS) is 12.0. The summed E-state index contributed by atoms with van der Waals surface area (Å²) in [6, 6.07) is 7.62. The second kappa shape index (κ2) is 7.37. The van der Waals surface area contributed by atoms with E-state index in [-0.39, 0.29) is 11.9 Å². The fourth-order valence-electron chi connectivity index (χ4n) is 1.71. The molecule has 0 saturated heterocycles. The monoisotopic (exact) mass is 337 g/mol. The third-order valence-corrected chi connectivity index (χ3v) is 3.93. The van der Waals surface area contributed by atoms with E-state index in [1.54, 1.807) is 6.92 Å². The zero-order valence-electron chi connectivity index (χ0n) is 12.6. The minimum Gasteiger partial charge on any atom is -0.359 e. The Hall–Kier alpha value is -1.93. The number of nitrogens with one attached hydrogen (secondary N) is 4. The van der Waals surface area contributed by atoms with Crippen molar-refractivity contribution in [1.29, 1.82) is 0 Å². The van der Waals surface area contributed by atoms with Crippen LogP contribution < -0.4 is 21.5 Å². The summed E-state index contributed by atoms with van der Waals surface area (Å²) in [5.74, 6) is -0.216. The number of carbonyl (C=O) groups is 1. The van der Waals surface area contributed by atoms with E-state index in [9.17, 15) is 4.79 Å². The van der Waals surface area contributed by atoms with Crippen LogP contribution in [0, 0.1) is 0 Å². The van der Waals surface area contributed by atoms with Gasteiger partial charge in [-0.3, -0.25) is 15.6 Å². The lowest BCUT2D eigenvalue weighted by Crippen LogP contribution is -2.51. The first-order valence-corrected chi connectivity index (χ1v) is 8.16. The molecule has 6 nitrogen and oxygen atoms in total. The molecule has 0 aliphatic carbocycles. The molecule has 1 atom stereocenters. The number of nitrogens with zero attached hydrogens (tertiary/aromatic N) is 1. The molecule has 0 fully saturated rings. The number of rotatable bonds is 4. The first-order valence-electron chi connectivity index (χ1n) is 6.94. The standard InChI is InChI=1S/C14H19N5OS2/c1-8(2)15-13(21)19-18-12(20)9(3)16-14-17-10-6-4-5-7-11(10)22-14/h4-9H,1-3H3,(H,16,17)(H,18,20)(H2,15,19,21). The van der Waals surface area contributed by atoms with Crippen LogP contribution >= 0.6 is 23.6 Å². The zero-order valence-corrected chi connectivity index (χ0v) is 14.3. The van der Waals surface area contributed by atoms with Gasteiger partial charge in [0.15, 0.2) is 10.2 Å². The van der Waals surface area contributed by atoms with Crippen molar-refractivity contribution in [1.82, 2.24) is 21.2 Å². The molecule has 8 heteroatoms. The van der Waals surface area contributed by atoms with Crippen molar-refractivity contribution in [3.8, 4) is 0 Å². The highest BCUT2D eigenvalue weighted by molar-refractivity contribution is 7.80. The Balaban J connectivity index is 1.87. The van der Waals surface area contributed by atoms with Gasteiger partial charge in [0, 0.05) is 6.04 Å². The maximum Gasteiger partial charge on any atom is 0.260 e. The number of carbonyl (C=O) groups excluding carboxylic acids is 1. The molecular weight excluding hydrogens is 318 g/mol. The van der Waals surface area contributed by atoms with Crippen LogP contribution in [-0.2, 0) is 4.79 Å². The van der Waals surface area contributed by atoms with E-state index in [2.05, 4.69) is 26.5 Å². The maximum atomic E-state index is 12.0. The fourth-order valence-corrected chi connectivity index (χ4v) is 2.95. The molecule has 22 heavy (non-hydrogen) atoms. The number of amides is 1. The van der Waals surface area contributed by atoms with E-state index < -0.39 is 6.04 Å². The summed E-state index contributed by atoms with van der Waals surface area (Å²) in [6.07, 6.45) is 0. The van der Waals surface area contributed by atoms with Crippen LogP contribution in [0.5, 0.6) is 0 Å². The van der Waals surface area contributed by atoms with Gasteiger partial charge < -0.3 is 10.6 Å². The molecule has 1 unspecified atom stereocenters. The molecule has 118 valence electrons. The Morgan fingerprint density at radius 2 is 1.95 bits per heavy atom. The number of para-hydroxylation sites is 1. The zero-order chi connectivity index (χ0) is 16.1. The molecule has 0 aliphatic heterocycles.